The first-order chi connectivity index (χ1) is 6.95. The molecule has 0 saturated carbocycles. The van der Waals surface area contributed by atoms with Gasteiger partial charge in [0.1, 0.15) is 11.9 Å². The van der Waals surface area contributed by atoms with Crippen LogP contribution in [-0.2, 0) is 9.47 Å². The minimum absolute atomic E-state index is 0.401. The van der Waals surface area contributed by atoms with E-state index in [4.69, 9.17) is 9.47 Å². The predicted molar refractivity (Wildman–Crippen MR) is 58.5 cm³/mol. The van der Waals surface area contributed by atoms with Gasteiger partial charge in [-0.1, -0.05) is 12.3 Å². The lowest BCUT2D eigenvalue weighted by Crippen LogP contribution is -2.33. The second kappa shape index (κ2) is 6.96. The lowest BCUT2D eigenvalue weighted by atomic mass is 10.2. The highest BCUT2D eigenvalue weighted by Crippen LogP contribution is 2.06. The standard InChI is InChI=1S/C11H19NO3/c1-5-8-14-9-6-7-12-10(13)15-11(2,3)4/h8H,1,6-7,9H2,2-4H3,(H,12,13). The molecule has 0 unspecified atom stereocenters. The fourth-order valence-corrected chi connectivity index (χ4v) is 0.778. The summed E-state index contributed by atoms with van der Waals surface area (Å²) in [5, 5.41) is 2.63. The molecule has 0 aliphatic heterocycles. The van der Waals surface area contributed by atoms with E-state index in [2.05, 4.69) is 17.6 Å². The molecule has 1 amide bonds. The van der Waals surface area contributed by atoms with Gasteiger partial charge in [-0.15, -0.1) is 0 Å². The van der Waals surface area contributed by atoms with Crippen molar-refractivity contribution in [1.82, 2.24) is 5.32 Å². The molecule has 86 valence electrons. The van der Waals surface area contributed by atoms with Crippen LogP contribution in [0.3, 0.4) is 0 Å². The van der Waals surface area contributed by atoms with Gasteiger partial charge in [-0.3, -0.25) is 0 Å². The van der Waals surface area contributed by atoms with E-state index in [0.29, 0.717) is 13.2 Å². The van der Waals surface area contributed by atoms with E-state index in [-0.39, 0.29) is 0 Å². The summed E-state index contributed by atoms with van der Waals surface area (Å²) < 4.78 is 10.0. The number of alkyl carbamates (subject to hydrolysis) is 1. The molecule has 0 spiro atoms. The zero-order valence-corrected chi connectivity index (χ0v) is 9.63. The summed E-state index contributed by atoms with van der Waals surface area (Å²) in [7, 11) is 0. The van der Waals surface area contributed by atoms with Crippen molar-refractivity contribution in [2.24, 2.45) is 0 Å². The van der Waals surface area contributed by atoms with E-state index in [1.807, 2.05) is 20.8 Å². The molecule has 4 heteroatoms. The maximum absolute atomic E-state index is 11.1. The van der Waals surface area contributed by atoms with Gasteiger partial charge in [0.05, 0.1) is 6.61 Å². The summed E-state index contributed by atoms with van der Waals surface area (Å²) in [5.41, 5.74) is 2.04. The number of ether oxygens (including phenoxy) is 2. The van der Waals surface area contributed by atoms with E-state index in [1.54, 1.807) is 0 Å². The van der Waals surface area contributed by atoms with Gasteiger partial charge in [0.2, 0.25) is 0 Å². The largest absolute Gasteiger partial charge is 0.493 e. The molecule has 0 aliphatic carbocycles. The molecule has 0 saturated heterocycles. The maximum atomic E-state index is 11.1. The van der Waals surface area contributed by atoms with Crippen molar-refractivity contribution in [3.8, 4) is 0 Å². The first-order valence-corrected chi connectivity index (χ1v) is 4.88. The van der Waals surface area contributed by atoms with Crippen molar-refractivity contribution in [2.75, 3.05) is 13.2 Å². The number of rotatable bonds is 5. The zero-order chi connectivity index (χ0) is 11.7. The predicted octanol–water partition coefficient (Wildman–Crippen LogP) is 2.22. The van der Waals surface area contributed by atoms with E-state index >= 15 is 0 Å². The van der Waals surface area contributed by atoms with Gasteiger partial charge in [0.25, 0.3) is 0 Å². The number of carbonyl (C=O) groups is 1. The Kier molecular flexibility index (Phi) is 6.30. The lowest BCUT2D eigenvalue weighted by Gasteiger charge is -2.19. The molecule has 0 aromatic heterocycles. The van der Waals surface area contributed by atoms with Crippen molar-refractivity contribution in [1.29, 1.82) is 0 Å². The van der Waals surface area contributed by atoms with Gasteiger partial charge < -0.3 is 14.8 Å². The van der Waals surface area contributed by atoms with Gasteiger partial charge in [0, 0.05) is 6.54 Å². The Morgan fingerprint density at radius 2 is 2.20 bits per heavy atom. The van der Waals surface area contributed by atoms with E-state index in [9.17, 15) is 4.79 Å². The summed E-state index contributed by atoms with van der Waals surface area (Å²) >= 11 is 0. The number of nitrogens with one attached hydrogen (secondary N) is 1. The highest BCUT2D eigenvalue weighted by atomic mass is 16.6. The molecule has 0 bridgehead atoms. The quantitative estimate of drug-likeness (QED) is 0.433. The van der Waals surface area contributed by atoms with Gasteiger partial charge >= 0.3 is 6.09 Å². The molecular formula is C11H19NO3. The van der Waals surface area contributed by atoms with Crippen LogP contribution in [0.15, 0.2) is 18.6 Å². The fraction of sp³-hybridized carbons (Fsp3) is 0.636. The Hall–Kier alpha value is -1.41. The molecule has 0 atom stereocenters. The van der Waals surface area contributed by atoms with Crippen molar-refractivity contribution < 1.29 is 14.3 Å². The summed E-state index contributed by atoms with van der Waals surface area (Å²) in [4.78, 5) is 11.1. The van der Waals surface area contributed by atoms with Crippen LogP contribution in [0.5, 0.6) is 0 Å². The Morgan fingerprint density at radius 1 is 1.53 bits per heavy atom. The Labute approximate surface area is 90.9 Å². The molecule has 15 heavy (non-hydrogen) atoms. The van der Waals surface area contributed by atoms with Crippen LogP contribution in [0.2, 0.25) is 0 Å². The average Bonchev–Trinajstić information content (AvgIpc) is 2.08. The average molecular weight is 213 g/mol. The van der Waals surface area contributed by atoms with Crippen molar-refractivity contribution in [3.05, 3.63) is 18.6 Å². The van der Waals surface area contributed by atoms with Crippen LogP contribution in [0.1, 0.15) is 27.2 Å². The van der Waals surface area contributed by atoms with Gasteiger partial charge in [-0.25, -0.2) is 4.79 Å². The third-order valence-corrected chi connectivity index (χ3v) is 1.27. The Morgan fingerprint density at radius 3 is 2.73 bits per heavy atom. The smallest absolute Gasteiger partial charge is 0.407 e. The summed E-state index contributed by atoms with van der Waals surface area (Å²) in [5.74, 6) is 0. The van der Waals surface area contributed by atoms with Crippen LogP contribution in [0, 0.1) is 0 Å². The van der Waals surface area contributed by atoms with Crippen LogP contribution in [0.4, 0.5) is 4.79 Å². The van der Waals surface area contributed by atoms with E-state index in [0.717, 1.165) is 6.42 Å². The first-order valence-electron chi connectivity index (χ1n) is 4.88. The van der Waals surface area contributed by atoms with E-state index < -0.39 is 11.7 Å². The molecular weight excluding hydrogens is 194 g/mol. The molecule has 0 aromatic rings. The third-order valence-electron chi connectivity index (χ3n) is 1.27. The summed E-state index contributed by atoms with van der Waals surface area (Å²) in [6.45, 7) is 9.88. The van der Waals surface area contributed by atoms with Crippen LogP contribution in [0.25, 0.3) is 0 Å². The second-order valence-corrected chi connectivity index (χ2v) is 3.97. The number of amides is 1. The van der Waals surface area contributed by atoms with Crippen molar-refractivity contribution in [3.63, 3.8) is 0 Å². The lowest BCUT2D eigenvalue weighted by molar-refractivity contribution is 0.0524. The van der Waals surface area contributed by atoms with Crippen LogP contribution >= 0.6 is 0 Å². The third kappa shape index (κ3) is 10.5. The van der Waals surface area contributed by atoms with Gasteiger partial charge in [-0.2, -0.15) is 0 Å². The van der Waals surface area contributed by atoms with Gasteiger partial charge in [0.15, 0.2) is 0 Å². The fourth-order valence-electron chi connectivity index (χ4n) is 0.778. The molecule has 4 nitrogen and oxygen atoms in total. The number of carbonyl (C=O) groups excluding carboxylic acids is 1. The Balaban J connectivity index is 3.43. The number of hydrogen-bond donors (Lipinski definition) is 1. The molecule has 0 aromatic carbocycles. The van der Waals surface area contributed by atoms with Crippen molar-refractivity contribution >= 4 is 6.09 Å². The summed E-state index contributed by atoms with van der Waals surface area (Å²) in [6.07, 6.45) is 1.71. The second-order valence-electron chi connectivity index (χ2n) is 3.97. The minimum Gasteiger partial charge on any atom is -0.493 e. The normalized spacial score (nSPS) is 10.1. The molecule has 0 radical (unpaired) electrons. The topological polar surface area (TPSA) is 47.6 Å². The molecule has 0 heterocycles. The Bertz CT molecular complexity index is 237. The highest BCUT2D eigenvalue weighted by molar-refractivity contribution is 5.67. The monoisotopic (exact) mass is 213 g/mol. The zero-order valence-electron chi connectivity index (χ0n) is 9.63. The van der Waals surface area contributed by atoms with Crippen LogP contribution < -0.4 is 5.32 Å². The van der Waals surface area contributed by atoms with E-state index in [1.165, 1.54) is 6.26 Å². The molecule has 1 N–H and O–H groups in total. The summed E-state index contributed by atoms with van der Waals surface area (Å²) in [6, 6.07) is 0. The number of hydrogen-bond acceptors (Lipinski definition) is 3. The molecule has 0 aliphatic rings. The van der Waals surface area contributed by atoms with Gasteiger partial charge in [-0.05, 0) is 27.2 Å². The SMILES string of the molecule is C=C=COCCCNC(=O)OC(C)(C)C. The minimum atomic E-state index is -0.452. The van der Waals surface area contributed by atoms with Crippen LogP contribution in [-0.4, -0.2) is 24.8 Å². The first kappa shape index (κ1) is 13.6. The highest BCUT2D eigenvalue weighted by Gasteiger charge is 2.15. The molecule has 0 rings (SSSR count). The maximum Gasteiger partial charge on any atom is 0.407 e. The van der Waals surface area contributed by atoms with Crippen molar-refractivity contribution in [2.45, 2.75) is 32.8 Å². The molecule has 0 fully saturated rings.